The van der Waals surface area contributed by atoms with Crippen LogP contribution in [0.2, 0.25) is 10.0 Å². The number of carboxylic acid groups (broad SMARTS) is 1. The predicted octanol–water partition coefficient (Wildman–Crippen LogP) is 14.2. The summed E-state index contributed by atoms with van der Waals surface area (Å²) in [5, 5.41) is 23.0. The van der Waals surface area contributed by atoms with Gasteiger partial charge in [0, 0.05) is 96.8 Å². The number of hydrogen-bond acceptors (Lipinski definition) is 11. The Labute approximate surface area is 459 Å². The Balaban J connectivity index is 0.000000206. The summed E-state index contributed by atoms with van der Waals surface area (Å²) in [7, 11) is 0. The van der Waals surface area contributed by atoms with E-state index in [1.165, 1.54) is 6.07 Å². The van der Waals surface area contributed by atoms with E-state index in [0.29, 0.717) is 35.1 Å². The second kappa shape index (κ2) is 24.4. The molecule has 0 spiro atoms. The number of rotatable bonds is 8. The maximum Gasteiger partial charge on any atom is 0.407 e. The van der Waals surface area contributed by atoms with E-state index >= 15 is 0 Å². The van der Waals surface area contributed by atoms with Gasteiger partial charge in [-0.1, -0.05) is 76.9 Å². The number of nitrogens with one attached hydrogen (secondary N) is 3. The fourth-order valence-electron chi connectivity index (χ4n) is 7.98. The Kier molecular flexibility index (Phi) is 19.0. The summed E-state index contributed by atoms with van der Waals surface area (Å²) in [5.74, 6) is -1.08. The van der Waals surface area contributed by atoms with Gasteiger partial charge in [-0.15, -0.1) is 22.7 Å². The van der Waals surface area contributed by atoms with E-state index in [-0.39, 0.29) is 40.5 Å². The molecule has 0 radical (unpaired) electrons. The van der Waals surface area contributed by atoms with E-state index in [1.54, 1.807) is 45.8 Å². The highest BCUT2D eigenvalue weighted by molar-refractivity contribution is 7.14. The monoisotopic (exact) mass is 1100 g/mol. The van der Waals surface area contributed by atoms with Crippen LogP contribution < -0.4 is 16.0 Å². The number of pyridine rings is 2. The van der Waals surface area contributed by atoms with Crippen molar-refractivity contribution < 1.29 is 33.8 Å². The topological polar surface area (TPSA) is 172 Å². The molecule has 400 valence electrons. The number of carbonyl (C=O) groups is 4. The molecule has 4 aromatic heterocycles. The van der Waals surface area contributed by atoms with Gasteiger partial charge in [0.1, 0.15) is 11.2 Å². The minimum atomic E-state index is -0.981. The smallest absolute Gasteiger partial charge is 0.407 e. The average molecular weight is 1100 g/mol. The number of likely N-dealkylation sites (tertiary alicyclic amines) is 1. The first kappa shape index (κ1) is 58.4. The van der Waals surface area contributed by atoms with Crippen molar-refractivity contribution in [3.8, 4) is 43.1 Å². The molecule has 2 fully saturated rings. The zero-order chi connectivity index (χ0) is 55.0. The number of halogens is 2. The molecule has 2 aliphatic heterocycles. The summed E-state index contributed by atoms with van der Waals surface area (Å²) < 4.78 is 10.5. The highest BCUT2D eigenvalue weighted by Gasteiger charge is 2.30. The minimum Gasteiger partial charge on any atom is -0.478 e. The zero-order valence-electron chi connectivity index (χ0n) is 44.9. The van der Waals surface area contributed by atoms with Crippen LogP contribution in [0.4, 0.5) is 9.59 Å². The summed E-state index contributed by atoms with van der Waals surface area (Å²) in [6.45, 7) is 26.8. The molecule has 17 heteroatoms. The van der Waals surface area contributed by atoms with Gasteiger partial charge in [-0.3, -0.25) is 14.8 Å². The number of alkyl carbamates (subject to hydrolysis) is 2. The molecule has 4 N–H and O–H groups in total. The van der Waals surface area contributed by atoms with Crippen molar-refractivity contribution in [1.82, 2.24) is 30.8 Å². The number of carbonyl (C=O) groups excluding carboxylic acids is 3. The normalized spacial score (nSPS) is 15.7. The Morgan fingerprint density at radius 1 is 0.627 bits per heavy atom. The SMILES string of the molecule is CC(C)(C)OC(=O)N[C@@H]1CCN(C(=O)c2ccc(-c3csc(-c4ccnc(C(C)(C)C)c4)c3)c(Cl)c2)C1.CC(C)(C)OC(=O)N[C@@H]1CCNC1.CC(C)(C)c1cc(-c2cc(-c3ccc(C(=O)O)cc3Cl)cs2)ccn1. The van der Waals surface area contributed by atoms with Crippen LogP contribution in [0.3, 0.4) is 0 Å². The van der Waals surface area contributed by atoms with Crippen LogP contribution in [0.25, 0.3) is 43.1 Å². The number of hydrogen-bond donors (Lipinski definition) is 4. The van der Waals surface area contributed by atoms with E-state index in [4.69, 9.17) is 37.8 Å². The lowest BCUT2D eigenvalue weighted by molar-refractivity contribution is 0.0494. The van der Waals surface area contributed by atoms with Crippen molar-refractivity contribution in [2.75, 3.05) is 26.2 Å². The molecule has 8 rings (SSSR count). The molecule has 0 saturated carbocycles. The molecule has 6 aromatic rings. The van der Waals surface area contributed by atoms with Gasteiger partial charge in [0.25, 0.3) is 5.91 Å². The lowest BCUT2D eigenvalue weighted by atomic mass is 9.90. The number of thiophene rings is 2. The Morgan fingerprint density at radius 2 is 1.09 bits per heavy atom. The molecule has 0 bridgehead atoms. The number of benzene rings is 2. The van der Waals surface area contributed by atoms with Crippen molar-refractivity contribution in [2.45, 2.75) is 130 Å². The second-order valence-corrected chi connectivity index (χ2v) is 25.3. The number of aromatic carboxylic acids is 1. The Morgan fingerprint density at radius 3 is 1.52 bits per heavy atom. The lowest BCUT2D eigenvalue weighted by Gasteiger charge is -2.22. The second-order valence-electron chi connectivity index (χ2n) is 22.7. The van der Waals surface area contributed by atoms with Crippen LogP contribution in [0.1, 0.15) is 128 Å². The van der Waals surface area contributed by atoms with Gasteiger partial charge in [0.2, 0.25) is 0 Å². The summed E-state index contributed by atoms with van der Waals surface area (Å²) >= 11 is 16.2. The van der Waals surface area contributed by atoms with Crippen molar-refractivity contribution in [1.29, 1.82) is 0 Å². The molecule has 2 atom stereocenters. The van der Waals surface area contributed by atoms with E-state index in [0.717, 1.165) is 74.0 Å². The molecular formula is C58H70Cl2N6O7S2. The molecule has 2 saturated heterocycles. The molecule has 0 aliphatic carbocycles. The molecule has 2 aromatic carbocycles. The van der Waals surface area contributed by atoms with Crippen LogP contribution in [-0.2, 0) is 20.3 Å². The van der Waals surface area contributed by atoms with E-state index in [9.17, 15) is 19.2 Å². The van der Waals surface area contributed by atoms with E-state index in [2.05, 4.69) is 97.1 Å². The third-order valence-corrected chi connectivity index (χ3v) is 14.4. The highest BCUT2D eigenvalue weighted by atomic mass is 35.5. The van der Waals surface area contributed by atoms with Crippen molar-refractivity contribution in [2.24, 2.45) is 0 Å². The summed E-state index contributed by atoms with van der Waals surface area (Å²) in [6.07, 6.45) is 4.58. The first-order valence-corrected chi connectivity index (χ1v) is 27.5. The van der Waals surface area contributed by atoms with Crippen molar-refractivity contribution in [3.05, 3.63) is 129 Å². The Bertz CT molecular complexity index is 2980. The lowest BCUT2D eigenvalue weighted by Crippen LogP contribution is -2.41. The summed E-state index contributed by atoms with van der Waals surface area (Å²) in [6, 6.07) is 22.8. The first-order chi connectivity index (χ1) is 35.0. The fraction of sp³-hybridized carbons (Fsp3) is 0.414. The quantitative estimate of drug-likeness (QED) is 0.115. The molecule has 13 nitrogen and oxygen atoms in total. The van der Waals surface area contributed by atoms with Gasteiger partial charge in [-0.2, -0.15) is 0 Å². The zero-order valence-corrected chi connectivity index (χ0v) is 48.1. The predicted molar refractivity (Wildman–Crippen MR) is 305 cm³/mol. The van der Waals surface area contributed by atoms with Gasteiger partial charge in [-0.25, -0.2) is 14.4 Å². The van der Waals surface area contributed by atoms with Crippen LogP contribution in [0.15, 0.2) is 96.0 Å². The number of ether oxygens (including phenoxy) is 2. The molecule has 75 heavy (non-hydrogen) atoms. The third kappa shape index (κ3) is 17.1. The average Bonchev–Trinajstić information content (AvgIpc) is 4.17. The number of carboxylic acids is 1. The summed E-state index contributed by atoms with van der Waals surface area (Å²) in [5.41, 5.74) is 7.78. The first-order valence-electron chi connectivity index (χ1n) is 25.0. The third-order valence-electron chi connectivity index (χ3n) is 11.9. The standard InChI is InChI=1S/C29H34ClN3O3S.C20H18ClNO2S.C9H18N2O2/c1-28(2,3)25-15-18(9-11-31-25)24-14-20(17-37-24)22-8-7-19(13-23(22)30)26(34)33-12-10-21(16-33)32-27(35)36-29(4,5)6;1-20(2,3)18-10-12(6-7-22-18)17-9-14(11-25-17)15-5-4-13(19(23)24)8-16(15)21;1-9(2,3)13-8(12)11-7-4-5-10-6-7/h7-9,11,13-15,17,21H,10,12,16H2,1-6H3,(H,32,35);4-11H,1-3H3,(H,23,24);7,10H,4-6H2,1-3H3,(H,11,12)/t21-;;7-/m1.1/s1. The number of amides is 3. The molecule has 0 unspecified atom stereocenters. The van der Waals surface area contributed by atoms with Gasteiger partial charge < -0.3 is 35.4 Å². The highest BCUT2D eigenvalue weighted by Crippen LogP contribution is 2.39. The molecule has 2 aliphatic rings. The largest absolute Gasteiger partial charge is 0.478 e. The van der Waals surface area contributed by atoms with Crippen LogP contribution in [-0.4, -0.2) is 93.5 Å². The fourth-order valence-corrected chi connectivity index (χ4v) is 10.4. The summed E-state index contributed by atoms with van der Waals surface area (Å²) in [4.78, 5) is 60.5. The van der Waals surface area contributed by atoms with Crippen LogP contribution in [0, 0.1) is 0 Å². The van der Waals surface area contributed by atoms with Gasteiger partial charge >= 0.3 is 18.2 Å². The van der Waals surface area contributed by atoms with Crippen LogP contribution >= 0.6 is 45.9 Å². The van der Waals surface area contributed by atoms with Crippen molar-refractivity contribution >= 4 is 69.9 Å². The molecular weight excluding hydrogens is 1030 g/mol. The molecule has 6 heterocycles. The maximum absolute atomic E-state index is 13.1. The van der Waals surface area contributed by atoms with Gasteiger partial charge in [0.05, 0.1) is 11.6 Å². The molecule has 3 amide bonds. The minimum absolute atomic E-state index is 0.00787. The maximum atomic E-state index is 13.1. The van der Waals surface area contributed by atoms with Crippen LogP contribution in [0.5, 0.6) is 0 Å². The van der Waals surface area contributed by atoms with E-state index in [1.807, 2.05) is 83.6 Å². The van der Waals surface area contributed by atoms with Crippen molar-refractivity contribution in [3.63, 3.8) is 0 Å². The van der Waals surface area contributed by atoms with Gasteiger partial charge in [-0.05, 0) is 155 Å². The van der Waals surface area contributed by atoms with E-state index < -0.39 is 23.3 Å². The Hall–Kier alpha value is -5.84. The van der Waals surface area contributed by atoms with Gasteiger partial charge in [0.15, 0.2) is 0 Å². The number of aromatic nitrogens is 2. The number of nitrogens with zero attached hydrogens (tertiary/aromatic N) is 3.